The third-order valence-corrected chi connectivity index (χ3v) is 6.85. The summed E-state index contributed by atoms with van der Waals surface area (Å²) < 4.78 is 26.4. The van der Waals surface area contributed by atoms with Crippen LogP contribution in [-0.2, 0) is 9.84 Å². The Balaban J connectivity index is 2.16. The molecule has 0 aromatic heterocycles. The molecule has 1 aliphatic heterocycles. The van der Waals surface area contributed by atoms with E-state index in [1.807, 2.05) is 37.3 Å². The van der Waals surface area contributed by atoms with Gasteiger partial charge in [0, 0.05) is 11.7 Å². The molecule has 3 nitrogen and oxygen atoms in total. The lowest BCUT2D eigenvalue weighted by Gasteiger charge is -2.38. The van der Waals surface area contributed by atoms with Crippen molar-refractivity contribution in [1.29, 1.82) is 0 Å². The number of benzene rings is 2. The molecule has 0 spiro atoms. The first kappa shape index (κ1) is 15.1. The molecule has 1 aliphatic rings. The quantitative estimate of drug-likeness (QED) is 0.929. The van der Waals surface area contributed by atoms with Gasteiger partial charge in [0.05, 0.1) is 10.1 Å². The average Bonchev–Trinajstić information content (AvgIpc) is 2.54. The molecule has 22 heavy (non-hydrogen) atoms. The van der Waals surface area contributed by atoms with E-state index in [-0.39, 0.29) is 12.0 Å². The average molecular weight is 315 g/mol. The van der Waals surface area contributed by atoms with Gasteiger partial charge in [-0.1, -0.05) is 50.2 Å². The summed E-state index contributed by atoms with van der Waals surface area (Å²) in [5, 5.41) is 2.98. The largest absolute Gasteiger partial charge is 0.382 e. The fourth-order valence-corrected chi connectivity index (χ4v) is 5.51. The van der Waals surface area contributed by atoms with Crippen LogP contribution in [0.5, 0.6) is 0 Å². The molecule has 0 radical (unpaired) electrons. The lowest BCUT2D eigenvalue weighted by atomic mass is 9.87. The second kappa shape index (κ2) is 5.76. The highest BCUT2D eigenvalue weighted by atomic mass is 32.2. The van der Waals surface area contributed by atoms with E-state index in [1.54, 1.807) is 24.3 Å². The van der Waals surface area contributed by atoms with Crippen LogP contribution in [0.3, 0.4) is 0 Å². The third kappa shape index (κ3) is 2.41. The van der Waals surface area contributed by atoms with E-state index >= 15 is 0 Å². The summed E-state index contributed by atoms with van der Waals surface area (Å²) in [6, 6.07) is 16.7. The summed E-state index contributed by atoms with van der Waals surface area (Å²) in [5.41, 5.74) is 1.82. The van der Waals surface area contributed by atoms with Crippen molar-refractivity contribution >= 4 is 15.5 Å². The van der Waals surface area contributed by atoms with E-state index < -0.39 is 15.1 Å². The van der Waals surface area contributed by atoms with Gasteiger partial charge in [-0.3, -0.25) is 0 Å². The normalized spacial score (nSPS) is 24.4. The topological polar surface area (TPSA) is 46.2 Å². The monoisotopic (exact) mass is 315 g/mol. The standard InChI is InChI=1S/C18H21NO2S/c1-3-16-13(2)18(15-11-7-8-12-17(15)19-16)22(20,21)14-9-5-4-6-10-14/h4-13,16,18-19H,3H2,1-2H3. The Hall–Kier alpha value is -1.81. The Bertz CT molecular complexity index is 756. The molecule has 0 saturated carbocycles. The zero-order valence-electron chi connectivity index (χ0n) is 12.9. The molecule has 2 aromatic rings. The Labute approximate surface area is 132 Å². The predicted molar refractivity (Wildman–Crippen MR) is 89.7 cm³/mol. The Morgan fingerprint density at radius 3 is 2.32 bits per heavy atom. The van der Waals surface area contributed by atoms with Gasteiger partial charge in [-0.05, 0) is 36.1 Å². The van der Waals surface area contributed by atoms with E-state index in [0.717, 1.165) is 17.7 Å². The number of sulfone groups is 1. The second-order valence-electron chi connectivity index (χ2n) is 5.88. The highest BCUT2D eigenvalue weighted by Gasteiger charge is 2.41. The van der Waals surface area contributed by atoms with Gasteiger partial charge in [0.1, 0.15) is 0 Å². The summed E-state index contributed by atoms with van der Waals surface area (Å²) in [6.45, 7) is 4.12. The fourth-order valence-electron chi connectivity index (χ4n) is 3.38. The maximum absolute atomic E-state index is 13.2. The van der Waals surface area contributed by atoms with Gasteiger partial charge in [-0.25, -0.2) is 8.42 Å². The van der Waals surface area contributed by atoms with Crippen molar-refractivity contribution in [2.45, 2.75) is 36.5 Å². The Morgan fingerprint density at radius 1 is 1.00 bits per heavy atom. The fraction of sp³-hybridized carbons (Fsp3) is 0.333. The number of rotatable bonds is 3. The molecule has 0 fully saturated rings. The van der Waals surface area contributed by atoms with E-state index in [1.165, 1.54) is 0 Å². The molecule has 0 bridgehead atoms. The first-order valence-electron chi connectivity index (χ1n) is 7.70. The highest BCUT2D eigenvalue weighted by Crippen LogP contribution is 2.44. The zero-order valence-corrected chi connectivity index (χ0v) is 13.7. The number of fused-ring (bicyclic) bond motifs is 1. The molecule has 1 heterocycles. The summed E-state index contributed by atoms with van der Waals surface area (Å²) >= 11 is 0. The van der Waals surface area contributed by atoms with Crippen molar-refractivity contribution < 1.29 is 8.42 Å². The minimum Gasteiger partial charge on any atom is -0.382 e. The molecule has 116 valence electrons. The first-order valence-corrected chi connectivity index (χ1v) is 9.24. The minimum atomic E-state index is -3.41. The van der Waals surface area contributed by atoms with Gasteiger partial charge < -0.3 is 5.32 Å². The highest BCUT2D eigenvalue weighted by molar-refractivity contribution is 7.91. The number of hydrogen-bond donors (Lipinski definition) is 1. The van der Waals surface area contributed by atoms with Crippen molar-refractivity contribution in [1.82, 2.24) is 0 Å². The van der Waals surface area contributed by atoms with Crippen LogP contribution >= 0.6 is 0 Å². The summed E-state index contributed by atoms with van der Waals surface area (Å²) in [4.78, 5) is 0.401. The van der Waals surface area contributed by atoms with Crippen LogP contribution in [0.25, 0.3) is 0 Å². The maximum Gasteiger partial charge on any atom is 0.185 e. The lowest BCUT2D eigenvalue weighted by Crippen LogP contribution is -2.39. The SMILES string of the molecule is CCC1Nc2ccccc2C(S(=O)(=O)c2ccccc2)C1C. The van der Waals surface area contributed by atoms with E-state index in [0.29, 0.717) is 4.90 Å². The molecule has 1 N–H and O–H groups in total. The Morgan fingerprint density at radius 2 is 1.64 bits per heavy atom. The molecule has 0 aliphatic carbocycles. The predicted octanol–water partition coefficient (Wildman–Crippen LogP) is 4.04. The smallest absolute Gasteiger partial charge is 0.185 e. The second-order valence-corrected chi connectivity index (χ2v) is 7.95. The molecular formula is C18H21NO2S. The molecule has 0 saturated heterocycles. The summed E-state index contributed by atoms with van der Waals surface area (Å²) in [7, 11) is -3.41. The number of anilines is 1. The van der Waals surface area contributed by atoms with Crippen LogP contribution < -0.4 is 5.32 Å². The van der Waals surface area contributed by atoms with E-state index in [4.69, 9.17) is 0 Å². The van der Waals surface area contributed by atoms with E-state index in [9.17, 15) is 8.42 Å². The molecule has 4 heteroatoms. The van der Waals surface area contributed by atoms with Crippen molar-refractivity contribution in [3.63, 3.8) is 0 Å². The molecule has 2 aromatic carbocycles. The molecule has 3 rings (SSSR count). The van der Waals surface area contributed by atoms with Gasteiger partial charge in [0.15, 0.2) is 9.84 Å². The van der Waals surface area contributed by atoms with Crippen molar-refractivity contribution in [3.8, 4) is 0 Å². The van der Waals surface area contributed by atoms with Crippen molar-refractivity contribution in [2.75, 3.05) is 5.32 Å². The van der Waals surface area contributed by atoms with Gasteiger partial charge in [-0.15, -0.1) is 0 Å². The number of nitrogens with one attached hydrogen (secondary N) is 1. The lowest BCUT2D eigenvalue weighted by molar-refractivity contribution is 0.427. The van der Waals surface area contributed by atoms with Gasteiger partial charge in [0.2, 0.25) is 0 Å². The van der Waals surface area contributed by atoms with Gasteiger partial charge in [-0.2, -0.15) is 0 Å². The van der Waals surface area contributed by atoms with Crippen molar-refractivity contribution in [3.05, 3.63) is 60.2 Å². The molecule has 3 atom stereocenters. The zero-order chi connectivity index (χ0) is 15.7. The molecule has 0 amide bonds. The minimum absolute atomic E-state index is 0.0186. The maximum atomic E-state index is 13.2. The summed E-state index contributed by atoms with van der Waals surface area (Å²) in [5.74, 6) is 0.0186. The van der Waals surface area contributed by atoms with Gasteiger partial charge in [0.25, 0.3) is 0 Å². The molecular weight excluding hydrogens is 294 g/mol. The van der Waals surface area contributed by atoms with Crippen LogP contribution in [0.1, 0.15) is 31.1 Å². The van der Waals surface area contributed by atoms with E-state index in [2.05, 4.69) is 12.2 Å². The Kier molecular flexibility index (Phi) is 3.96. The van der Waals surface area contributed by atoms with Crippen LogP contribution in [0.4, 0.5) is 5.69 Å². The number of hydrogen-bond acceptors (Lipinski definition) is 3. The van der Waals surface area contributed by atoms with Crippen LogP contribution in [0, 0.1) is 5.92 Å². The van der Waals surface area contributed by atoms with Gasteiger partial charge >= 0.3 is 0 Å². The molecule has 3 unspecified atom stereocenters. The van der Waals surface area contributed by atoms with Crippen LogP contribution in [0.2, 0.25) is 0 Å². The van der Waals surface area contributed by atoms with Crippen LogP contribution in [-0.4, -0.2) is 14.5 Å². The number of para-hydroxylation sites is 1. The third-order valence-electron chi connectivity index (χ3n) is 4.57. The van der Waals surface area contributed by atoms with Crippen LogP contribution in [0.15, 0.2) is 59.5 Å². The first-order chi connectivity index (χ1) is 10.6. The van der Waals surface area contributed by atoms with Crippen molar-refractivity contribution in [2.24, 2.45) is 5.92 Å². The summed E-state index contributed by atoms with van der Waals surface area (Å²) in [6.07, 6.45) is 0.899.